The minimum atomic E-state index is -3.93. The summed E-state index contributed by atoms with van der Waals surface area (Å²) in [6.45, 7) is 8.98. The lowest BCUT2D eigenvalue weighted by Gasteiger charge is -2.29. The second kappa shape index (κ2) is 16.4. The molecule has 2 aliphatic rings. The highest BCUT2D eigenvalue weighted by molar-refractivity contribution is 7.53. The Morgan fingerprint density at radius 1 is 0.906 bits per heavy atom. The quantitative estimate of drug-likeness (QED) is 0.101. The number of hydrogen-bond donors (Lipinski definition) is 3. The number of alkyl carbamates (subject to hydrolysis) is 2. The van der Waals surface area contributed by atoms with Crippen molar-refractivity contribution in [1.82, 2.24) is 10.6 Å². The van der Waals surface area contributed by atoms with Gasteiger partial charge in [-0.15, -0.1) is 0 Å². The topological polar surface area (TPSA) is 185 Å². The van der Waals surface area contributed by atoms with Gasteiger partial charge >= 0.3 is 31.7 Å². The van der Waals surface area contributed by atoms with E-state index in [2.05, 4.69) is 10.6 Å². The maximum Gasteiger partial charge on any atom is 0.407 e. The fourth-order valence-corrected chi connectivity index (χ4v) is 7.57. The fourth-order valence-electron chi connectivity index (χ4n) is 6.31. The number of amides is 2. The predicted molar refractivity (Wildman–Crippen MR) is 193 cm³/mol. The van der Waals surface area contributed by atoms with Crippen molar-refractivity contribution in [2.45, 2.75) is 77.6 Å². The van der Waals surface area contributed by atoms with Crippen molar-refractivity contribution in [3.63, 3.8) is 0 Å². The highest BCUT2D eigenvalue weighted by atomic mass is 31.2. The first-order valence-corrected chi connectivity index (χ1v) is 19.2. The van der Waals surface area contributed by atoms with E-state index < -0.39 is 74.1 Å². The molecule has 4 unspecified atom stereocenters. The van der Waals surface area contributed by atoms with Crippen LogP contribution in [0.25, 0.3) is 11.1 Å². The lowest BCUT2D eigenvalue weighted by molar-refractivity contribution is -0.158. The molecule has 53 heavy (non-hydrogen) atoms. The van der Waals surface area contributed by atoms with Crippen LogP contribution in [-0.4, -0.2) is 79.5 Å². The van der Waals surface area contributed by atoms with E-state index >= 15 is 0 Å². The molecule has 0 bridgehead atoms. The highest BCUT2D eigenvalue weighted by Crippen LogP contribution is 2.49. The zero-order valence-electron chi connectivity index (χ0n) is 30.4. The number of carboxylic acid groups (broad SMARTS) is 1. The number of fused-ring (bicyclic) bond motifs is 3. The molecule has 0 radical (unpaired) electrons. The molecule has 3 N–H and O–H groups in total. The monoisotopic (exact) mass is 752 g/mol. The van der Waals surface area contributed by atoms with Crippen molar-refractivity contribution in [2.24, 2.45) is 5.41 Å². The van der Waals surface area contributed by atoms with Crippen LogP contribution in [0.5, 0.6) is 5.75 Å². The van der Waals surface area contributed by atoms with Gasteiger partial charge in [-0.2, -0.15) is 0 Å². The number of benzene rings is 3. The van der Waals surface area contributed by atoms with Crippen molar-refractivity contribution in [1.29, 1.82) is 0 Å². The Kier molecular flexibility index (Phi) is 12.2. The summed E-state index contributed by atoms with van der Waals surface area (Å²) < 4.78 is 48.3. The van der Waals surface area contributed by atoms with Crippen LogP contribution in [0.4, 0.5) is 9.59 Å². The van der Waals surface area contributed by atoms with Gasteiger partial charge in [0.15, 0.2) is 0 Å². The van der Waals surface area contributed by atoms with Crippen molar-refractivity contribution < 1.29 is 56.8 Å². The minimum absolute atomic E-state index is 0.153. The van der Waals surface area contributed by atoms with Crippen molar-refractivity contribution in [2.75, 3.05) is 19.8 Å². The van der Waals surface area contributed by atoms with Crippen molar-refractivity contribution >= 4 is 31.7 Å². The van der Waals surface area contributed by atoms with E-state index in [0.717, 1.165) is 22.3 Å². The van der Waals surface area contributed by atoms with E-state index in [9.17, 15) is 23.7 Å². The molecule has 1 aliphatic heterocycles. The molecule has 1 heterocycles. The van der Waals surface area contributed by atoms with Gasteiger partial charge in [0.05, 0.1) is 17.6 Å². The fraction of sp³-hybridized carbons (Fsp3) is 0.421. The van der Waals surface area contributed by atoms with Crippen molar-refractivity contribution in [3.05, 3.63) is 89.5 Å². The molecule has 1 aliphatic carbocycles. The van der Waals surface area contributed by atoms with Gasteiger partial charge in [0, 0.05) is 12.6 Å². The van der Waals surface area contributed by atoms with Gasteiger partial charge in [0.25, 0.3) is 0 Å². The first-order chi connectivity index (χ1) is 25.0. The van der Waals surface area contributed by atoms with Crippen LogP contribution in [0, 0.1) is 5.41 Å². The summed E-state index contributed by atoms with van der Waals surface area (Å²) in [7, 11) is -3.93. The third-order valence-electron chi connectivity index (χ3n) is 8.80. The van der Waals surface area contributed by atoms with E-state index in [4.69, 9.17) is 33.1 Å². The number of esters is 1. The first-order valence-electron chi connectivity index (χ1n) is 17.2. The lowest BCUT2D eigenvalue weighted by atomic mass is 9.92. The molecule has 15 heteroatoms. The second-order valence-corrected chi connectivity index (χ2v) is 16.0. The van der Waals surface area contributed by atoms with E-state index in [0.29, 0.717) is 5.56 Å². The summed E-state index contributed by atoms with van der Waals surface area (Å²) >= 11 is 0. The smallest absolute Gasteiger partial charge is 0.407 e. The van der Waals surface area contributed by atoms with E-state index in [1.807, 2.05) is 55.5 Å². The van der Waals surface area contributed by atoms with Gasteiger partial charge in [0.2, 0.25) is 0 Å². The average molecular weight is 753 g/mol. The van der Waals surface area contributed by atoms with Gasteiger partial charge in [0.1, 0.15) is 43.8 Å². The predicted octanol–water partition coefficient (Wildman–Crippen LogP) is 6.26. The number of carbonyl (C=O) groups is 4. The number of aliphatic carboxylic acids is 1. The normalized spacial score (nSPS) is 20.9. The highest BCUT2D eigenvalue weighted by Gasteiger charge is 2.48. The standard InChI is InChI=1S/C38H45N2O12P/c1-22(32-28-13-9-7-11-26(28)27-12-8-10-14-29(27)32)50-37(45)40-33-23(2)49-30(21-47-35(43)38(3,4)5)34(33)52-53(6,46)51-25-17-15-24(16-18-25)20-48-36(44)39-19-31(41)42/h7-18,22-23,30,32-34H,19-21H2,1-6H3,(H,39,44)(H,40,45)(H,41,42)/t22?,23-,30+,33?,34?,53?/m0/s1. The molecule has 3 aromatic carbocycles. The van der Waals surface area contributed by atoms with Crippen molar-refractivity contribution in [3.8, 4) is 16.9 Å². The molecule has 5 rings (SSSR count). The van der Waals surface area contributed by atoms with E-state index in [1.54, 1.807) is 39.8 Å². The van der Waals surface area contributed by atoms with Crippen LogP contribution in [-0.2, 0) is 44.2 Å². The summed E-state index contributed by atoms with van der Waals surface area (Å²) in [4.78, 5) is 48.5. The molecule has 3 aromatic rings. The maximum atomic E-state index is 13.9. The molecular weight excluding hydrogens is 707 g/mol. The summed E-state index contributed by atoms with van der Waals surface area (Å²) in [5.74, 6) is -1.71. The van der Waals surface area contributed by atoms with Crippen LogP contribution < -0.4 is 15.2 Å². The Bertz CT molecular complexity index is 1810. The first kappa shape index (κ1) is 39.3. The molecule has 284 valence electrons. The van der Waals surface area contributed by atoms with E-state index in [-0.39, 0.29) is 24.9 Å². The number of carbonyl (C=O) groups excluding carboxylic acids is 3. The third kappa shape index (κ3) is 9.95. The Hall–Kier alpha value is -4.91. The van der Waals surface area contributed by atoms with Gasteiger partial charge < -0.3 is 39.2 Å². The molecule has 2 amide bonds. The summed E-state index contributed by atoms with van der Waals surface area (Å²) in [5, 5.41) is 13.6. The molecule has 0 saturated carbocycles. The molecular formula is C38H45N2O12P. The maximum absolute atomic E-state index is 13.9. The van der Waals surface area contributed by atoms with Crippen LogP contribution in [0.1, 0.15) is 57.2 Å². The Morgan fingerprint density at radius 3 is 2.09 bits per heavy atom. The van der Waals surface area contributed by atoms with Gasteiger partial charge in [-0.25, -0.2) is 14.2 Å². The number of rotatable bonds is 13. The van der Waals surface area contributed by atoms with Gasteiger partial charge in [-0.05, 0) is 74.6 Å². The SMILES string of the molecule is CC(OC(=O)NC1C(OP(C)(=O)Oc2ccc(COC(=O)NCC(=O)O)cc2)[C@@H](COC(=O)C(C)(C)C)O[C@H]1C)C1c2ccccc2-c2ccccc21. The largest absolute Gasteiger partial charge is 0.480 e. The summed E-state index contributed by atoms with van der Waals surface area (Å²) in [5.41, 5.74) is 4.04. The molecule has 0 spiro atoms. The zero-order chi connectivity index (χ0) is 38.5. The Morgan fingerprint density at radius 2 is 1.51 bits per heavy atom. The molecule has 1 fully saturated rings. The van der Waals surface area contributed by atoms with Gasteiger partial charge in [-0.1, -0.05) is 60.7 Å². The molecule has 1 saturated heterocycles. The number of nitrogens with one attached hydrogen (secondary N) is 2. The molecule has 14 nitrogen and oxygen atoms in total. The molecule has 0 aromatic heterocycles. The Balaban J connectivity index is 1.27. The number of ether oxygens (including phenoxy) is 4. The summed E-state index contributed by atoms with van der Waals surface area (Å²) in [6, 6.07) is 21.3. The van der Waals surface area contributed by atoms with E-state index in [1.165, 1.54) is 18.8 Å². The van der Waals surface area contributed by atoms with Gasteiger partial charge in [-0.3, -0.25) is 14.1 Å². The Labute approximate surface area is 308 Å². The van der Waals surface area contributed by atoms with Crippen LogP contribution in [0.3, 0.4) is 0 Å². The summed E-state index contributed by atoms with van der Waals surface area (Å²) in [6.07, 6.45) is -4.86. The van der Waals surface area contributed by atoms with Crippen LogP contribution in [0.2, 0.25) is 0 Å². The lowest BCUT2D eigenvalue weighted by Crippen LogP contribution is -2.49. The minimum Gasteiger partial charge on any atom is -0.480 e. The second-order valence-electron chi connectivity index (χ2n) is 14.1. The third-order valence-corrected chi connectivity index (χ3v) is 9.97. The molecule has 6 atom stereocenters. The van der Waals surface area contributed by atoms with Crippen LogP contribution >= 0.6 is 7.60 Å². The van der Waals surface area contributed by atoms with Crippen LogP contribution in [0.15, 0.2) is 72.8 Å². The number of hydrogen-bond acceptors (Lipinski definition) is 11. The zero-order valence-corrected chi connectivity index (χ0v) is 31.3. The average Bonchev–Trinajstić information content (AvgIpc) is 3.58. The number of carboxylic acids is 1.